The molecule has 1 aliphatic heterocycles. The van der Waals surface area contributed by atoms with Crippen LogP contribution in [0.3, 0.4) is 0 Å². The van der Waals surface area contributed by atoms with E-state index in [1.54, 1.807) is 71.9 Å². The number of fused-ring (bicyclic) bond motifs is 5. The van der Waals surface area contributed by atoms with Crippen molar-refractivity contribution in [3.05, 3.63) is 71.8 Å². The molecule has 3 saturated carbocycles. The van der Waals surface area contributed by atoms with Gasteiger partial charge in [-0.25, -0.2) is 9.59 Å². The van der Waals surface area contributed by atoms with E-state index in [4.69, 9.17) is 23.7 Å². The van der Waals surface area contributed by atoms with Crippen LogP contribution in [0, 0.1) is 28.6 Å². The fourth-order valence-corrected chi connectivity index (χ4v) is 9.94. The highest BCUT2D eigenvalue weighted by atomic mass is 16.6. The van der Waals surface area contributed by atoms with Crippen LogP contribution in [-0.4, -0.2) is 98.8 Å². The summed E-state index contributed by atoms with van der Waals surface area (Å²) in [5.74, 6) is -7.20. The largest absolute Gasteiger partial charge is 0.460 e. The highest BCUT2D eigenvalue weighted by molar-refractivity contribution is 6.40. The molecule has 0 spiro atoms. The number of rotatable bonds is 9. The van der Waals surface area contributed by atoms with E-state index in [1.165, 1.54) is 13.8 Å². The van der Waals surface area contributed by atoms with E-state index in [0.717, 1.165) is 0 Å². The van der Waals surface area contributed by atoms with Crippen LogP contribution in [-0.2, 0) is 49.5 Å². The number of amides is 1. The van der Waals surface area contributed by atoms with Crippen molar-refractivity contribution in [2.45, 2.75) is 128 Å². The summed E-state index contributed by atoms with van der Waals surface area (Å²) in [6.45, 7) is 12.3. The van der Waals surface area contributed by atoms with E-state index < -0.39 is 112 Å². The standard InChI is InChI=1S/C43H55NO13/c1-23-27(55-37(50)33(48)31(26-17-13-10-14-18-26)44-38(51)57-39(3,4)5)20-43(52)36(53-21-25-15-11-9-12-16-25)34-41(8,35(49)32(47)30(23)40(43,6)7)28(46)19-29-42(34,22-54-29)56-24(2)45/h9-18,23,27-31,33-34,36,46,48,52H,19-22H2,1-8H3,(H,44,51)/t23?,27-,28+,29?,30?,31-,33+,34?,36-,41+,42-,43+/m0/s1. The van der Waals surface area contributed by atoms with Crippen molar-refractivity contribution in [2.75, 3.05) is 6.61 Å². The van der Waals surface area contributed by atoms with Crippen LogP contribution in [0.5, 0.6) is 0 Å². The Balaban J connectivity index is 1.44. The first-order valence-electron chi connectivity index (χ1n) is 19.5. The lowest BCUT2D eigenvalue weighted by molar-refractivity contribution is -0.356. The molecule has 1 amide bonds. The Labute approximate surface area is 332 Å². The van der Waals surface area contributed by atoms with Gasteiger partial charge in [0.05, 0.1) is 36.9 Å². The van der Waals surface area contributed by atoms with Gasteiger partial charge in [0.15, 0.2) is 11.7 Å². The number of hydrogen-bond donors (Lipinski definition) is 4. The van der Waals surface area contributed by atoms with Gasteiger partial charge in [0.1, 0.15) is 23.4 Å². The molecule has 14 nitrogen and oxygen atoms in total. The number of alkyl carbamates (subject to hydrolysis) is 1. The summed E-state index contributed by atoms with van der Waals surface area (Å²) in [4.78, 5) is 69.5. The van der Waals surface area contributed by atoms with Gasteiger partial charge in [0.2, 0.25) is 11.6 Å². The number of carbonyl (C=O) groups excluding carboxylic acids is 5. The third kappa shape index (κ3) is 7.28. The van der Waals surface area contributed by atoms with Crippen molar-refractivity contribution in [1.82, 2.24) is 5.32 Å². The van der Waals surface area contributed by atoms with Crippen molar-refractivity contribution in [3.8, 4) is 0 Å². The fraction of sp³-hybridized carbons (Fsp3) is 0.605. The molecule has 2 aromatic carbocycles. The lowest BCUT2D eigenvalue weighted by Gasteiger charge is -2.68. The zero-order valence-corrected chi connectivity index (χ0v) is 33.7. The van der Waals surface area contributed by atoms with Crippen LogP contribution >= 0.6 is 0 Å². The number of ketones is 2. The molecule has 0 aromatic heterocycles. The second-order valence-corrected chi connectivity index (χ2v) is 17.9. The SMILES string of the molecule is CC(=O)O[C@@]12COC1C[C@@H](O)[C@@]1(C)C(=O)C(=O)C3C(C)[C@@H](OC(=O)[C@H](O)[C@@H](NC(=O)OC(C)(C)C)c4ccccc4)C[C@@](O)([C@@H](OCc4ccccc4)C21)C3(C)C. The molecular weight excluding hydrogens is 738 g/mol. The van der Waals surface area contributed by atoms with Gasteiger partial charge in [-0.2, -0.15) is 0 Å². The van der Waals surface area contributed by atoms with Crippen molar-refractivity contribution >= 4 is 29.6 Å². The Bertz CT molecular complexity index is 1860. The quantitative estimate of drug-likeness (QED) is 0.163. The minimum atomic E-state index is -2.12. The number of benzene rings is 2. The Morgan fingerprint density at radius 3 is 2.18 bits per heavy atom. The van der Waals surface area contributed by atoms with Crippen molar-refractivity contribution < 1.29 is 63.0 Å². The first-order valence-corrected chi connectivity index (χ1v) is 19.5. The van der Waals surface area contributed by atoms with E-state index in [-0.39, 0.29) is 26.1 Å². The van der Waals surface area contributed by atoms with Crippen LogP contribution < -0.4 is 5.32 Å². The normalized spacial score (nSPS) is 35.5. The Kier molecular flexibility index (Phi) is 11.3. The van der Waals surface area contributed by atoms with Crippen LogP contribution in [0.4, 0.5) is 4.79 Å². The third-order valence-electron chi connectivity index (χ3n) is 12.9. The summed E-state index contributed by atoms with van der Waals surface area (Å²) >= 11 is 0. The number of carbonyl (C=O) groups is 5. The Hall–Kier alpha value is -4.21. The predicted molar refractivity (Wildman–Crippen MR) is 202 cm³/mol. The molecular formula is C43H55NO13. The van der Waals surface area contributed by atoms with Crippen LogP contribution in [0.25, 0.3) is 0 Å². The Morgan fingerprint density at radius 1 is 1.00 bits per heavy atom. The maximum Gasteiger partial charge on any atom is 0.408 e. The number of aliphatic hydroxyl groups is 3. The molecule has 4 aliphatic rings. The summed E-state index contributed by atoms with van der Waals surface area (Å²) < 4.78 is 30.1. The molecule has 2 bridgehead atoms. The number of nitrogens with one attached hydrogen (secondary N) is 1. The van der Waals surface area contributed by atoms with Gasteiger partial charge in [0.25, 0.3) is 0 Å². The Morgan fingerprint density at radius 2 is 1.61 bits per heavy atom. The van der Waals surface area contributed by atoms with E-state index in [2.05, 4.69) is 5.32 Å². The van der Waals surface area contributed by atoms with Gasteiger partial charge in [-0.1, -0.05) is 81.4 Å². The van der Waals surface area contributed by atoms with Crippen LogP contribution in [0.1, 0.15) is 85.4 Å². The van der Waals surface area contributed by atoms with Gasteiger partial charge < -0.3 is 44.3 Å². The van der Waals surface area contributed by atoms with Gasteiger partial charge >= 0.3 is 18.0 Å². The van der Waals surface area contributed by atoms with E-state index >= 15 is 0 Å². The average Bonchev–Trinajstić information content (AvgIpc) is 3.13. The lowest BCUT2D eigenvalue weighted by atomic mass is 9.42. The first kappa shape index (κ1) is 42.4. The molecule has 57 heavy (non-hydrogen) atoms. The highest BCUT2D eigenvalue weighted by Gasteiger charge is 2.78. The lowest BCUT2D eigenvalue weighted by Crippen LogP contribution is -2.82. The molecule has 12 atom stereocenters. The molecule has 4 fully saturated rings. The maximum atomic E-state index is 14.9. The number of ether oxygens (including phenoxy) is 5. The molecule has 6 rings (SSSR count). The zero-order valence-electron chi connectivity index (χ0n) is 33.7. The van der Waals surface area contributed by atoms with Gasteiger partial charge in [-0.05, 0) is 38.8 Å². The number of aliphatic hydroxyl groups excluding tert-OH is 2. The number of hydrogen-bond acceptors (Lipinski definition) is 13. The maximum absolute atomic E-state index is 14.9. The van der Waals surface area contributed by atoms with Gasteiger partial charge in [0, 0.05) is 42.9 Å². The number of Topliss-reactive ketones (excluding diaryl/α,β-unsaturated/α-hetero) is 2. The molecule has 14 heteroatoms. The molecule has 4 N–H and O–H groups in total. The fourth-order valence-electron chi connectivity index (χ4n) is 9.94. The summed E-state index contributed by atoms with van der Waals surface area (Å²) in [5, 5.41) is 39.4. The first-order chi connectivity index (χ1) is 26.6. The highest BCUT2D eigenvalue weighted by Crippen LogP contribution is 2.64. The van der Waals surface area contributed by atoms with Gasteiger partial charge in [-0.15, -0.1) is 0 Å². The topological polar surface area (TPSA) is 204 Å². The van der Waals surface area contributed by atoms with E-state index in [9.17, 15) is 39.3 Å². The van der Waals surface area contributed by atoms with Crippen molar-refractivity contribution in [1.29, 1.82) is 0 Å². The minimum Gasteiger partial charge on any atom is -0.460 e. The predicted octanol–water partition coefficient (Wildman–Crippen LogP) is 3.76. The van der Waals surface area contributed by atoms with Crippen LogP contribution in [0.2, 0.25) is 0 Å². The molecule has 1 saturated heterocycles. The summed E-state index contributed by atoms with van der Waals surface area (Å²) in [5.41, 5.74) is -6.88. The minimum absolute atomic E-state index is 0.0884. The molecule has 0 radical (unpaired) electrons. The smallest absolute Gasteiger partial charge is 0.408 e. The molecule has 4 unspecified atom stereocenters. The second-order valence-electron chi connectivity index (χ2n) is 17.9. The third-order valence-corrected chi connectivity index (χ3v) is 12.9. The summed E-state index contributed by atoms with van der Waals surface area (Å²) in [6, 6.07) is 16.0. The van der Waals surface area contributed by atoms with Gasteiger partial charge in [-0.3, -0.25) is 14.4 Å². The molecule has 3 aliphatic carbocycles. The van der Waals surface area contributed by atoms with E-state index in [0.29, 0.717) is 11.1 Å². The summed E-state index contributed by atoms with van der Waals surface area (Å²) in [6.07, 6.45) is -8.41. The molecule has 2 aromatic rings. The monoisotopic (exact) mass is 793 g/mol. The molecule has 1 heterocycles. The average molecular weight is 794 g/mol. The zero-order chi connectivity index (χ0) is 41.9. The van der Waals surface area contributed by atoms with Crippen molar-refractivity contribution in [3.63, 3.8) is 0 Å². The second kappa shape index (κ2) is 15.2. The number of esters is 2. The van der Waals surface area contributed by atoms with Crippen LogP contribution in [0.15, 0.2) is 60.7 Å². The summed E-state index contributed by atoms with van der Waals surface area (Å²) in [7, 11) is 0. The van der Waals surface area contributed by atoms with E-state index in [1.807, 2.05) is 30.3 Å². The molecule has 310 valence electrons. The van der Waals surface area contributed by atoms with Crippen molar-refractivity contribution in [2.24, 2.45) is 28.6 Å².